The lowest BCUT2D eigenvalue weighted by Crippen LogP contribution is -2.46. The minimum absolute atomic E-state index is 0.0123. The number of Topliss-reactive ketones (excluding diaryl/α,β-unsaturated/α-hetero) is 1. The predicted molar refractivity (Wildman–Crippen MR) is 66.3 cm³/mol. The van der Waals surface area contributed by atoms with Crippen LogP contribution < -0.4 is 4.90 Å². The van der Waals surface area contributed by atoms with Crippen LogP contribution in [0.3, 0.4) is 0 Å². The molecule has 17 heavy (non-hydrogen) atoms. The van der Waals surface area contributed by atoms with Gasteiger partial charge in [-0.15, -0.1) is 0 Å². The van der Waals surface area contributed by atoms with Crippen LogP contribution in [0.1, 0.15) is 37.0 Å². The van der Waals surface area contributed by atoms with Gasteiger partial charge in [0, 0.05) is 19.3 Å². The number of aliphatic hydroxyl groups is 1. The van der Waals surface area contributed by atoms with E-state index in [2.05, 4.69) is 4.98 Å². The third-order valence-corrected chi connectivity index (χ3v) is 3.14. The first-order valence-corrected chi connectivity index (χ1v) is 5.93. The quantitative estimate of drug-likeness (QED) is 0.790. The Morgan fingerprint density at radius 2 is 2.35 bits per heavy atom. The van der Waals surface area contributed by atoms with Gasteiger partial charge in [0.2, 0.25) is 0 Å². The van der Waals surface area contributed by atoms with Crippen molar-refractivity contribution in [2.24, 2.45) is 0 Å². The highest BCUT2D eigenvalue weighted by Gasteiger charge is 2.30. The standard InChI is InChI=1S/C13H18N2O2/c1-10(16)11-5-3-7-14-12(11)15-8-4-6-13(2,17)9-15/h3,5,7,17H,4,6,8-9H2,1-2H3. The molecule has 1 atom stereocenters. The van der Waals surface area contributed by atoms with Gasteiger partial charge in [0.05, 0.1) is 11.2 Å². The van der Waals surface area contributed by atoms with Crippen molar-refractivity contribution in [3.05, 3.63) is 23.9 Å². The van der Waals surface area contributed by atoms with Crippen molar-refractivity contribution >= 4 is 11.6 Å². The molecule has 0 saturated carbocycles. The highest BCUT2D eigenvalue weighted by atomic mass is 16.3. The number of pyridine rings is 1. The number of piperidine rings is 1. The fraction of sp³-hybridized carbons (Fsp3) is 0.538. The van der Waals surface area contributed by atoms with Crippen molar-refractivity contribution in [1.82, 2.24) is 4.98 Å². The number of nitrogens with zero attached hydrogens (tertiary/aromatic N) is 2. The van der Waals surface area contributed by atoms with Gasteiger partial charge in [-0.05, 0) is 38.8 Å². The predicted octanol–water partition coefficient (Wildman–Crippen LogP) is 1.64. The lowest BCUT2D eigenvalue weighted by atomic mass is 9.95. The molecular weight excluding hydrogens is 216 g/mol. The molecule has 2 heterocycles. The molecule has 0 bridgehead atoms. The third kappa shape index (κ3) is 2.64. The molecule has 1 fully saturated rings. The molecule has 0 aliphatic carbocycles. The van der Waals surface area contributed by atoms with Gasteiger partial charge in [-0.1, -0.05) is 0 Å². The number of ketones is 1. The second kappa shape index (κ2) is 4.45. The van der Waals surface area contributed by atoms with E-state index in [-0.39, 0.29) is 5.78 Å². The molecule has 2 rings (SSSR count). The van der Waals surface area contributed by atoms with E-state index in [0.717, 1.165) is 19.4 Å². The Balaban J connectivity index is 2.30. The molecule has 1 unspecified atom stereocenters. The summed E-state index contributed by atoms with van der Waals surface area (Å²) >= 11 is 0. The van der Waals surface area contributed by atoms with Crippen LogP contribution >= 0.6 is 0 Å². The molecule has 1 aliphatic rings. The zero-order valence-electron chi connectivity index (χ0n) is 10.3. The average Bonchev–Trinajstić information content (AvgIpc) is 2.27. The molecule has 0 amide bonds. The monoisotopic (exact) mass is 234 g/mol. The summed E-state index contributed by atoms with van der Waals surface area (Å²) in [5.74, 6) is 0.707. The number of aromatic nitrogens is 1. The molecule has 1 aliphatic heterocycles. The molecule has 0 aromatic carbocycles. The number of hydrogen-bond acceptors (Lipinski definition) is 4. The van der Waals surface area contributed by atoms with E-state index in [1.807, 2.05) is 11.8 Å². The molecule has 4 heteroatoms. The molecule has 1 aromatic rings. The third-order valence-electron chi connectivity index (χ3n) is 3.14. The van der Waals surface area contributed by atoms with Gasteiger partial charge in [0.25, 0.3) is 0 Å². The van der Waals surface area contributed by atoms with Gasteiger partial charge in [-0.3, -0.25) is 4.79 Å². The number of carbonyl (C=O) groups is 1. The van der Waals surface area contributed by atoms with E-state index >= 15 is 0 Å². The minimum Gasteiger partial charge on any atom is -0.388 e. The van der Waals surface area contributed by atoms with Crippen LogP contribution in [0.15, 0.2) is 18.3 Å². The van der Waals surface area contributed by atoms with Crippen LogP contribution in [-0.2, 0) is 0 Å². The fourth-order valence-electron chi connectivity index (χ4n) is 2.32. The van der Waals surface area contributed by atoms with Crippen LogP contribution in [0.4, 0.5) is 5.82 Å². The van der Waals surface area contributed by atoms with Gasteiger partial charge in [-0.25, -0.2) is 4.98 Å². The van der Waals surface area contributed by atoms with Gasteiger partial charge in [0.1, 0.15) is 5.82 Å². The van der Waals surface area contributed by atoms with Crippen molar-refractivity contribution in [1.29, 1.82) is 0 Å². The first-order chi connectivity index (χ1) is 7.99. The van der Waals surface area contributed by atoms with E-state index in [1.54, 1.807) is 25.3 Å². The number of β-amino-alcohol motifs (C(OH)–C–C–N with tert-alkyl or cyclic N) is 1. The summed E-state index contributed by atoms with van der Waals surface area (Å²) in [7, 11) is 0. The highest BCUT2D eigenvalue weighted by Crippen LogP contribution is 2.26. The zero-order chi connectivity index (χ0) is 12.5. The maximum absolute atomic E-state index is 11.5. The van der Waals surface area contributed by atoms with Crippen molar-refractivity contribution < 1.29 is 9.90 Å². The zero-order valence-corrected chi connectivity index (χ0v) is 10.3. The summed E-state index contributed by atoms with van der Waals surface area (Å²) in [5.41, 5.74) is -0.0608. The Morgan fingerprint density at radius 1 is 1.59 bits per heavy atom. The number of carbonyl (C=O) groups excluding carboxylic acids is 1. The van der Waals surface area contributed by atoms with E-state index in [4.69, 9.17) is 0 Å². The molecule has 1 saturated heterocycles. The highest BCUT2D eigenvalue weighted by molar-refractivity contribution is 5.98. The maximum Gasteiger partial charge on any atom is 0.163 e. The summed E-state index contributed by atoms with van der Waals surface area (Å²) < 4.78 is 0. The molecule has 0 radical (unpaired) electrons. The topological polar surface area (TPSA) is 53.4 Å². The number of hydrogen-bond donors (Lipinski definition) is 1. The van der Waals surface area contributed by atoms with Gasteiger partial charge >= 0.3 is 0 Å². The summed E-state index contributed by atoms with van der Waals surface area (Å²) in [6.45, 7) is 4.75. The first kappa shape index (κ1) is 12.0. The minimum atomic E-state index is -0.691. The Bertz CT molecular complexity index is 429. The maximum atomic E-state index is 11.5. The fourth-order valence-corrected chi connectivity index (χ4v) is 2.32. The van der Waals surface area contributed by atoms with E-state index in [1.165, 1.54) is 0 Å². The van der Waals surface area contributed by atoms with E-state index < -0.39 is 5.60 Å². The Hall–Kier alpha value is -1.42. The van der Waals surface area contributed by atoms with Crippen LogP contribution in [-0.4, -0.2) is 34.6 Å². The lowest BCUT2D eigenvalue weighted by Gasteiger charge is -2.38. The average molecular weight is 234 g/mol. The summed E-state index contributed by atoms with van der Waals surface area (Å²) in [6.07, 6.45) is 3.40. The van der Waals surface area contributed by atoms with Gasteiger partial charge in [-0.2, -0.15) is 0 Å². The summed E-state index contributed by atoms with van der Waals surface area (Å²) in [6, 6.07) is 3.55. The molecule has 92 valence electrons. The summed E-state index contributed by atoms with van der Waals surface area (Å²) in [5, 5.41) is 10.1. The summed E-state index contributed by atoms with van der Waals surface area (Å²) in [4.78, 5) is 17.8. The molecule has 0 spiro atoms. The molecule has 1 aromatic heterocycles. The van der Waals surface area contributed by atoms with Crippen molar-refractivity contribution in [3.8, 4) is 0 Å². The Labute approximate surface area is 101 Å². The van der Waals surface area contributed by atoms with Gasteiger partial charge in [0.15, 0.2) is 5.78 Å². The SMILES string of the molecule is CC(=O)c1cccnc1N1CCCC(C)(O)C1. The molecule has 4 nitrogen and oxygen atoms in total. The normalized spacial score (nSPS) is 24.8. The molecule has 1 N–H and O–H groups in total. The molecular formula is C13H18N2O2. The Kier molecular flexibility index (Phi) is 3.15. The second-order valence-corrected chi connectivity index (χ2v) is 4.95. The number of anilines is 1. The first-order valence-electron chi connectivity index (χ1n) is 5.93. The van der Waals surface area contributed by atoms with Crippen LogP contribution in [0.2, 0.25) is 0 Å². The lowest BCUT2D eigenvalue weighted by molar-refractivity contribution is 0.0446. The van der Waals surface area contributed by atoms with Crippen LogP contribution in [0.5, 0.6) is 0 Å². The smallest absolute Gasteiger partial charge is 0.163 e. The van der Waals surface area contributed by atoms with Crippen LogP contribution in [0.25, 0.3) is 0 Å². The Morgan fingerprint density at radius 3 is 3.00 bits per heavy atom. The second-order valence-electron chi connectivity index (χ2n) is 4.95. The number of rotatable bonds is 2. The van der Waals surface area contributed by atoms with E-state index in [9.17, 15) is 9.90 Å². The van der Waals surface area contributed by atoms with Crippen molar-refractivity contribution in [2.75, 3.05) is 18.0 Å². The van der Waals surface area contributed by atoms with Crippen molar-refractivity contribution in [3.63, 3.8) is 0 Å². The largest absolute Gasteiger partial charge is 0.388 e. The van der Waals surface area contributed by atoms with Gasteiger partial charge < -0.3 is 10.0 Å². The van der Waals surface area contributed by atoms with Crippen LogP contribution in [0, 0.1) is 0 Å². The van der Waals surface area contributed by atoms with Crippen molar-refractivity contribution in [2.45, 2.75) is 32.3 Å². The van der Waals surface area contributed by atoms with E-state index in [0.29, 0.717) is 17.9 Å².